The predicted octanol–water partition coefficient (Wildman–Crippen LogP) is 6.54. The van der Waals surface area contributed by atoms with Gasteiger partial charge in [0.25, 0.3) is 0 Å². The maximum Gasteiger partial charge on any atom is 0.115 e. The first-order valence-corrected chi connectivity index (χ1v) is 10.2. The number of rotatable bonds is 2. The van der Waals surface area contributed by atoms with Gasteiger partial charge in [0, 0.05) is 0 Å². The molecule has 0 fully saturated rings. The van der Waals surface area contributed by atoms with Gasteiger partial charge in [0.2, 0.25) is 0 Å². The van der Waals surface area contributed by atoms with Gasteiger partial charge in [-0.15, -0.1) is 0 Å². The average Bonchev–Trinajstić information content (AvgIpc) is 3.14. The van der Waals surface area contributed by atoms with E-state index >= 15 is 0 Å². The molecule has 5 rings (SSSR count). The molecule has 0 amide bonds. The van der Waals surface area contributed by atoms with Crippen molar-refractivity contribution in [3.63, 3.8) is 0 Å². The molecule has 3 aromatic rings. The van der Waals surface area contributed by atoms with Crippen LogP contribution in [0.3, 0.4) is 0 Å². The van der Waals surface area contributed by atoms with E-state index in [2.05, 4.69) is 74.5 Å². The Morgan fingerprint density at radius 1 is 0.786 bits per heavy atom. The molecule has 1 N–H and O–H groups in total. The van der Waals surface area contributed by atoms with E-state index < -0.39 is 0 Å². The van der Waals surface area contributed by atoms with E-state index in [1.54, 1.807) is 12.1 Å². The highest BCUT2D eigenvalue weighted by Crippen LogP contribution is 2.54. The number of hydrogen-bond acceptors (Lipinski definition) is 1. The number of phenols is 1. The van der Waals surface area contributed by atoms with Crippen LogP contribution in [0.4, 0.5) is 0 Å². The van der Waals surface area contributed by atoms with E-state index in [0.717, 1.165) is 12.8 Å². The lowest BCUT2D eigenvalue weighted by Gasteiger charge is -2.36. The summed E-state index contributed by atoms with van der Waals surface area (Å²) in [5, 5.41) is 9.66. The quantitative estimate of drug-likeness (QED) is 0.546. The van der Waals surface area contributed by atoms with E-state index in [9.17, 15) is 5.11 Å². The van der Waals surface area contributed by atoms with Crippen LogP contribution in [0.5, 0.6) is 5.75 Å². The Balaban J connectivity index is 1.61. The van der Waals surface area contributed by atoms with Crippen molar-refractivity contribution in [2.75, 3.05) is 0 Å². The minimum absolute atomic E-state index is 0.332. The van der Waals surface area contributed by atoms with Crippen LogP contribution in [0, 0.1) is 19.8 Å². The molecule has 0 saturated carbocycles. The third-order valence-electron chi connectivity index (χ3n) is 6.72. The number of hydrogen-bond donors (Lipinski definition) is 1. The summed E-state index contributed by atoms with van der Waals surface area (Å²) in [6, 6.07) is 23.7. The minimum Gasteiger partial charge on any atom is -0.508 e. The number of allylic oxidation sites excluding steroid dienone is 2. The molecule has 3 atom stereocenters. The molecule has 28 heavy (non-hydrogen) atoms. The zero-order chi connectivity index (χ0) is 19.3. The molecule has 140 valence electrons. The molecule has 0 heterocycles. The molecule has 2 aliphatic rings. The molecule has 3 unspecified atom stereocenters. The van der Waals surface area contributed by atoms with E-state index in [1.807, 2.05) is 0 Å². The largest absolute Gasteiger partial charge is 0.508 e. The van der Waals surface area contributed by atoms with Gasteiger partial charge in [-0.3, -0.25) is 0 Å². The number of aromatic hydroxyl groups is 1. The van der Waals surface area contributed by atoms with Crippen molar-refractivity contribution >= 4 is 5.57 Å². The van der Waals surface area contributed by atoms with Crippen molar-refractivity contribution < 1.29 is 5.11 Å². The Morgan fingerprint density at radius 3 is 2.32 bits per heavy atom. The van der Waals surface area contributed by atoms with Crippen LogP contribution in [0.25, 0.3) is 5.57 Å². The molecule has 1 heteroatoms. The Hall–Kier alpha value is -2.80. The highest BCUT2D eigenvalue weighted by atomic mass is 16.3. The highest BCUT2D eigenvalue weighted by molar-refractivity contribution is 5.71. The smallest absolute Gasteiger partial charge is 0.115 e. The van der Waals surface area contributed by atoms with E-state index in [4.69, 9.17) is 0 Å². The summed E-state index contributed by atoms with van der Waals surface area (Å²) in [7, 11) is 0. The Labute approximate surface area is 167 Å². The molecule has 0 bridgehead atoms. The Kier molecular flexibility index (Phi) is 4.12. The van der Waals surface area contributed by atoms with Crippen LogP contribution in [0.1, 0.15) is 51.6 Å². The summed E-state index contributed by atoms with van der Waals surface area (Å²) >= 11 is 0. The molecule has 0 aliphatic heterocycles. The Bertz CT molecular complexity index is 1060. The first-order valence-electron chi connectivity index (χ1n) is 10.2. The van der Waals surface area contributed by atoms with E-state index in [1.165, 1.54) is 39.0 Å². The maximum absolute atomic E-state index is 9.66. The van der Waals surface area contributed by atoms with Crippen LogP contribution in [-0.4, -0.2) is 5.11 Å². The van der Waals surface area contributed by atoms with Crippen LogP contribution < -0.4 is 0 Å². The summed E-state index contributed by atoms with van der Waals surface area (Å²) in [6.45, 7) is 4.44. The van der Waals surface area contributed by atoms with Crippen LogP contribution >= 0.6 is 0 Å². The average molecular weight is 367 g/mol. The number of phenolic OH excluding ortho intramolecular Hbond substituents is 1. The van der Waals surface area contributed by atoms with Gasteiger partial charge in [-0.25, -0.2) is 0 Å². The van der Waals surface area contributed by atoms with Gasteiger partial charge in [0.05, 0.1) is 0 Å². The SMILES string of the molecule is Cc1ccc(C2Cc3ccccc3C3CC(c4ccc(O)cc4)=CC23)c(C)c1. The van der Waals surface area contributed by atoms with Gasteiger partial charge in [0.15, 0.2) is 0 Å². The van der Waals surface area contributed by atoms with Gasteiger partial charge in [-0.05, 0) is 90.0 Å². The second-order valence-corrected chi connectivity index (χ2v) is 8.50. The molecular weight excluding hydrogens is 340 g/mol. The molecular formula is C27H26O. The summed E-state index contributed by atoms with van der Waals surface area (Å²) in [6.07, 6.45) is 4.71. The van der Waals surface area contributed by atoms with Crippen molar-refractivity contribution in [1.29, 1.82) is 0 Å². The summed E-state index contributed by atoms with van der Waals surface area (Å²) in [5.41, 5.74) is 9.94. The third-order valence-corrected chi connectivity index (χ3v) is 6.72. The first-order chi connectivity index (χ1) is 13.6. The Morgan fingerprint density at radius 2 is 1.54 bits per heavy atom. The molecule has 2 aliphatic carbocycles. The fourth-order valence-corrected chi connectivity index (χ4v) is 5.41. The zero-order valence-electron chi connectivity index (χ0n) is 16.5. The fraction of sp³-hybridized carbons (Fsp3) is 0.259. The minimum atomic E-state index is 0.332. The standard InChI is InChI=1S/C27H26O/c1-17-7-12-23(18(2)13-17)25-14-20-5-3-4-6-24(20)26-15-21(16-27(25)26)19-8-10-22(28)11-9-19/h3-13,16,25-28H,14-15H2,1-2H3. The van der Waals surface area contributed by atoms with Crippen molar-refractivity contribution in [2.45, 2.75) is 38.5 Å². The lowest BCUT2D eigenvalue weighted by Crippen LogP contribution is -2.25. The number of aryl methyl sites for hydroxylation is 2. The predicted molar refractivity (Wildman–Crippen MR) is 116 cm³/mol. The van der Waals surface area contributed by atoms with Crippen LogP contribution in [0.15, 0.2) is 72.8 Å². The lowest BCUT2D eigenvalue weighted by atomic mass is 9.67. The molecule has 0 spiro atoms. The maximum atomic E-state index is 9.66. The summed E-state index contributed by atoms with van der Waals surface area (Å²) < 4.78 is 0. The van der Waals surface area contributed by atoms with Crippen LogP contribution in [-0.2, 0) is 6.42 Å². The monoisotopic (exact) mass is 366 g/mol. The summed E-state index contributed by atoms with van der Waals surface area (Å²) in [4.78, 5) is 0. The van der Waals surface area contributed by atoms with E-state index in [-0.39, 0.29) is 0 Å². The first kappa shape index (κ1) is 17.3. The molecule has 1 nitrogen and oxygen atoms in total. The number of fused-ring (bicyclic) bond motifs is 3. The van der Waals surface area contributed by atoms with Gasteiger partial charge in [0.1, 0.15) is 5.75 Å². The van der Waals surface area contributed by atoms with E-state index in [0.29, 0.717) is 23.5 Å². The lowest BCUT2D eigenvalue weighted by molar-refractivity contribution is 0.411. The molecule has 3 aromatic carbocycles. The second kappa shape index (κ2) is 6.67. The highest BCUT2D eigenvalue weighted by Gasteiger charge is 2.40. The third kappa shape index (κ3) is 2.86. The number of benzene rings is 3. The molecule has 0 saturated heterocycles. The van der Waals surface area contributed by atoms with Crippen LogP contribution in [0.2, 0.25) is 0 Å². The normalized spacial score (nSPS) is 23.1. The van der Waals surface area contributed by atoms with Gasteiger partial charge in [-0.1, -0.05) is 66.2 Å². The van der Waals surface area contributed by atoms with Gasteiger partial charge in [-0.2, -0.15) is 0 Å². The van der Waals surface area contributed by atoms with Crippen molar-refractivity contribution in [3.8, 4) is 5.75 Å². The topological polar surface area (TPSA) is 20.2 Å². The molecule has 0 radical (unpaired) electrons. The van der Waals surface area contributed by atoms with Gasteiger partial charge >= 0.3 is 0 Å². The van der Waals surface area contributed by atoms with Crippen molar-refractivity contribution in [1.82, 2.24) is 0 Å². The second-order valence-electron chi connectivity index (χ2n) is 8.50. The zero-order valence-corrected chi connectivity index (χ0v) is 16.5. The summed E-state index contributed by atoms with van der Waals surface area (Å²) in [5.74, 6) is 1.92. The van der Waals surface area contributed by atoms with Crippen molar-refractivity contribution in [3.05, 3.63) is 106 Å². The fourth-order valence-electron chi connectivity index (χ4n) is 5.41. The van der Waals surface area contributed by atoms with Crippen molar-refractivity contribution in [2.24, 2.45) is 5.92 Å². The van der Waals surface area contributed by atoms with Gasteiger partial charge < -0.3 is 5.11 Å². The molecule has 0 aromatic heterocycles.